The number of nitrogens with one attached hydrogen (secondary N) is 1. The van der Waals surface area contributed by atoms with Crippen LogP contribution in [0.3, 0.4) is 0 Å². The first kappa shape index (κ1) is 11.5. The normalized spacial score (nSPS) is 15.0. The minimum Gasteiger partial charge on any atom is -0.460 e. The third kappa shape index (κ3) is 2.46. The van der Waals surface area contributed by atoms with Gasteiger partial charge in [-0.15, -0.1) is 0 Å². The van der Waals surface area contributed by atoms with Crippen LogP contribution in [0.5, 0.6) is 0 Å². The number of hydrogen-bond acceptors (Lipinski definition) is 2. The zero-order valence-electron chi connectivity index (χ0n) is 10.4. The minimum atomic E-state index is -0.232. The Morgan fingerprint density at radius 1 is 1.28 bits per heavy atom. The summed E-state index contributed by atoms with van der Waals surface area (Å²) >= 11 is 0. The number of rotatable bonds is 4. The summed E-state index contributed by atoms with van der Waals surface area (Å²) in [6.07, 6.45) is 2.52. The Hall–Kier alpha value is -1.61. The molecule has 0 atom stereocenters. The number of benzene rings is 1. The van der Waals surface area contributed by atoms with Crippen molar-refractivity contribution < 1.29 is 8.81 Å². The molecule has 0 spiro atoms. The second-order valence-electron chi connectivity index (χ2n) is 4.88. The molecule has 0 amide bonds. The monoisotopic (exact) mass is 245 g/mol. The Kier molecular flexibility index (Phi) is 2.92. The summed E-state index contributed by atoms with van der Waals surface area (Å²) in [5.41, 5.74) is 1.85. The number of hydrogen-bond donors (Lipinski definition) is 1. The van der Waals surface area contributed by atoms with Crippen LogP contribution in [0.15, 0.2) is 34.7 Å². The van der Waals surface area contributed by atoms with E-state index >= 15 is 0 Å². The molecule has 1 aliphatic carbocycles. The van der Waals surface area contributed by atoms with Crippen LogP contribution in [0.2, 0.25) is 0 Å². The smallest absolute Gasteiger partial charge is 0.134 e. The molecule has 1 saturated carbocycles. The lowest BCUT2D eigenvalue weighted by Crippen LogP contribution is -2.14. The van der Waals surface area contributed by atoms with E-state index in [9.17, 15) is 4.39 Å². The molecule has 94 valence electrons. The second-order valence-corrected chi connectivity index (χ2v) is 4.88. The molecule has 0 unspecified atom stereocenters. The van der Waals surface area contributed by atoms with Gasteiger partial charge in [-0.1, -0.05) is 6.07 Å². The molecule has 1 aromatic carbocycles. The molecule has 0 saturated heterocycles. The highest BCUT2D eigenvalue weighted by molar-refractivity contribution is 5.62. The summed E-state index contributed by atoms with van der Waals surface area (Å²) in [7, 11) is 0. The third-order valence-corrected chi connectivity index (χ3v) is 3.27. The van der Waals surface area contributed by atoms with Gasteiger partial charge in [0.05, 0.1) is 6.54 Å². The number of halogens is 1. The molecular formula is C15H16FNO. The first-order chi connectivity index (χ1) is 8.72. The first-order valence-corrected chi connectivity index (χ1v) is 6.31. The van der Waals surface area contributed by atoms with Crippen LogP contribution in [0.25, 0.3) is 11.3 Å². The van der Waals surface area contributed by atoms with Crippen LogP contribution in [-0.4, -0.2) is 6.04 Å². The van der Waals surface area contributed by atoms with Gasteiger partial charge in [0, 0.05) is 11.6 Å². The van der Waals surface area contributed by atoms with E-state index in [1.165, 1.54) is 25.0 Å². The van der Waals surface area contributed by atoms with Crippen molar-refractivity contribution in [2.45, 2.75) is 32.4 Å². The number of aryl methyl sites for hydroxylation is 1. The molecule has 2 aromatic rings. The van der Waals surface area contributed by atoms with Gasteiger partial charge in [0.1, 0.15) is 17.3 Å². The van der Waals surface area contributed by atoms with E-state index in [-0.39, 0.29) is 5.82 Å². The molecule has 1 aromatic heterocycles. The van der Waals surface area contributed by atoms with E-state index in [1.807, 2.05) is 19.1 Å². The molecule has 2 nitrogen and oxygen atoms in total. The van der Waals surface area contributed by atoms with Crippen molar-refractivity contribution in [3.05, 3.63) is 47.5 Å². The van der Waals surface area contributed by atoms with Crippen LogP contribution < -0.4 is 5.32 Å². The van der Waals surface area contributed by atoms with E-state index in [1.54, 1.807) is 6.07 Å². The molecule has 1 aliphatic rings. The Balaban J connectivity index is 1.80. The van der Waals surface area contributed by atoms with Gasteiger partial charge in [0.15, 0.2) is 0 Å². The van der Waals surface area contributed by atoms with Crippen LogP contribution in [0, 0.1) is 12.7 Å². The lowest BCUT2D eigenvalue weighted by atomic mass is 10.1. The second kappa shape index (κ2) is 4.58. The fourth-order valence-corrected chi connectivity index (χ4v) is 2.01. The lowest BCUT2D eigenvalue weighted by molar-refractivity contribution is 0.492. The van der Waals surface area contributed by atoms with Crippen molar-refractivity contribution in [3.63, 3.8) is 0 Å². The van der Waals surface area contributed by atoms with Crippen molar-refractivity contribution in [2.75, 3.05) is 0 Å². The van der Waals surface area contributed by atoms with Crippen molar-refractivity contribution >= 4 is 0 Å². The highest BCUT2D eigenvalue weighted by atomic mass is 19.1. The fraction of sp³-hybridized carbons (Fsp3) is 0.333. The Bertz CT molecular complexity index is 557. The SMILES string of the molecule is Cc1ccc(F)cc1-c1ccc(CNC2CC2)o1. The van der Waals surface area contributed by atoms with Gasteiger partial charge in [-0.05, 0) is 49.6 Å². The summed E-state index contributed by atoms with van der Waals surface area (Å²) < 4.78 is 19.0. The maximum absolute atomic E-state index is 13.2. The highest BCUT2D eigenvalue weighted by Gasteiger charge is 2.20. The van der Waals surface area contributed by atoms with Gasteiger partial charge in [-0.25, -0.2) is 4.39 Å². The molecule has 1 fully saturated rings. The zero-order chi connectivity index (χ0) is 12.5. The number of furan rings is 1. The van der Waals surface area contributed by atoms with E-state index in [2.05, 4.69) is 5.32 Å². The molecule has 0 radical (unpaired) electrons. The van der Waals surface area contributed by atoms with Crippen molar-refractivity contribution in [2.24, 2.45) is 0 Å². The van der Waals surface area contributed by atoms with Gasteiger partial charge < -0.3 is 9.73 Å². The van der Waals surface area contributed by atoms with Crippen molar-refractivity contribution in [1.82, 2.24) is 5.32 Å². The summed E-state index contributed by atoms with van der Waals surface area (Å²) in [4.78, 5) is 0. The lowest BCUT2D eigenvalue weighted by Gasteiger charge is -2.03. The van der Waals surface area contributed by atoms with Crippen molar-refractivity contribution in [3.8, 4) is 11.3 Å². The summed E-state index contributed by atoms with van der Waals surface area (Å²) in [6, 6.07) is 9.29. The van der Waals surface area contributed by atoms with Gasteiger partial charge in [0.25, 0.3) is 0 Å². The molecule has 1 heterocycles. The van der Waals surface area contributed by atoms with E-state index in [0.29, 0.717) is 6.04 Å². The van der Waals surface area contributed by atoms with E-state index < -0.39 is 0 Å². The van der Waals surface area contributed by atoms with Gasteiger partial charge in [0.2, 0.25) is 0 Å². The average molecular weight is 245 g/mol. The quantitative estimate of drug-likeness (QED) is 0.889. The first-order valence-electron chi connectivity index (χ1n) is 6.31. The zero-order valence-corrected chi connectivity index (χ0v) is 10.4. The van der Waals surface area contributed by atoms with Gasteiger partial charge in [-0.3, -0.25) is 0 Å². The Morgan fingerprint density at radius 2 is 2.11 bits per heavy atom. The highest BCUT2D eigenvalue weighted by Crippen LogP contribution is 2.27. The van der Waals surface area contributed by atoms with E-state index in [4.69, 9.17) is 4.42 Å². The Morgan fingerprint density at radius 3 is 2.89 bits per heavy atom. The molecule has 1 N–H and O–H groups in total. The maximum atomic E-state index is 13.2. The topological polar surface area (TPSA) is 25.2 Å². The molecule has 3 heteroatoms. The van der Waals surface area contributed by atoms with Crippen LogP contribution in [0.1, 0.15) is 24.2 Å². The molecular weight excluding hydrogens is 229 g/mol. The molecule has 0 bridgehead atoms. The maximum Gasteiger partial charge on any atom is 0.134 e. The summed E-state index contributed by atoms with van der Waals surface area (Å²) in [6.45, 7) is 2.71. The van der Waals surface area contributed by atoms with Crippen LogP contribution in [0.4, 0.5) is 4.39 Å². The standard InChI is InChI=1S/C15H16FNO/c1-10-2-3-11(16)8-14(10)15-7-6-13(18-15)9-17-12-4-5-12/h2-3,6-8,12,17H,4-5,9H2,1H3. The Labute approximate surface area is 106 Å². The third-order valence-electron chi connectivity index (χ3n) is 3.27. The predicted octanol–water partition coefficient (Wildman–Crippen LogP) is 3.65. The minimum absolute atomic E-state index is 0.232. The summed E-state index contributed by atoms with van der Waals surface area (Å²) in [5, 5.41) is 3.40. The van der Waals surface area contributed by atoms with Crippen LogP contribution in [-0.2, 0) is 6.54 Å². The largest absolute Gasteiger partial charge is 0.460 e. The van der Waals surface area contributed by atoms with Gasteiger partial charge in [-0.2, -0.15) is 0 Å². The predicted molar refractivity (Wildman–Crippen MR) is 68.7 cm³/mol. The molecule has 18 heavy (non-hydrogen) atoms. The van der Waals surface area contributed by atoms with E-state index in [0.717, 1.165) is 29.2 Å². The van der Waals surface area contributed by atoms with Crippen LogP contribution >= 0.6 is 0 Å². The molecule has 0 aliphatic heterocycles. The van der Waals surface area contributed by atoms with Crippen molar-refractivity contribution in [1.29, 1.82) is 0 Å². The fourth-order valence-electron chi connectivity index (χ4n) is 2.01. The molecule has 3 rings (SSSR count). The average Bonchev–Trinajstić information content (AvgIpc) is 3.08. The summed E-state index contributed by atoms with van der Waals surface area (Å²) in [5.74, 6) is 1.41. The van der Waals surface area contributed by atoms with Gasteiger partial charge >= 0.3 is 0 Å².